The van der Waals surface area contributed by atoms with E-state index in [2.05, 4.69) is 10.0 Å². The number of hydrogen-bond acceptors (Lipinski definition) is 6. The van der Waals surface area contributed by atoms with Crippen molar-refractivity contribution in [3.05, 3.63) is 83.6 Å². The molecule has 0 spiro atoms. The average Bonchev–Trinajstić information content (AvgIpc) is 3.28. The van der Waals surface area contributed by atoms with Gasteiger partial charge in [-0.15, -0.1) is 0 Å². The van der Waals surface area contributed by atoms with Crippen LogP contribution in [0.15, 0.2) is 76.0 Å². The summed E-state index contributed by atoms with van der Waals surface area (Å²) in [6.45, 7) is 4.98. The molecule has 41 heavy (non-hydrogen) atoms. The Morgan fingerprint density at radius 2 is 1.49 bits per heavy atom. The molecule has 11 heteroatoms. The lowest BCUT2D eigenvalue weighted by atomic mass is 10.0. The number of carbonyl (C=O) groups is 3. The van der Waals surface area contributed by atoms with Crippen LogP contribution in [0.4, 0.5) is 5.69 Å². The standard InChI is InChI=1S/C30H31N3O7S/c1-17(2)26(30(36)37)32-41(38,39)22-15-11-20(12-16-22)19-9-13-21(14-10-19)31-28(34)27-18(3)25-23(29(35)33(4)5)7-6-8-24(25)40-27/h6-17,26,32H,1-5H3,(H,31,34)(H,36,37)/t26-/m0/s1. The Kier molecular flexibility index (Phi) is 8.32. The minimum absolute atomic E-state index is 0.0475. The van der Waals surface area contributed by atoms with Crippen molar-refractivity contribution >= 4 is 44.5 Å². The molecule has 3 aromatic carbocycles. The fourth-order valence-electron chi connectivity index (χ4n) is 4.41. The van der Waals surface area contributed by atoms with Gasteiger partial charge in [-0.2, -0.15) is 4.72 Å². The normalized spacial score (nSPS) is 12.3. The maximum absolute atomic E-state index is 13.1. The molecule has 0 fully saturated rings. The van der Waals surface area contributed by atoms with E-state index in [4.69, 9.17) is 4.42 Å². The van der Waals surface area contributed by atoms with Crippen LogP contribution in [0.2, 0.25) is 0 Å². The Bertz CT molecular complexity index is 1720. The third-order valence-electron chi connectivity index (χ3n) is 6.65. The number of carboxylic acid groups (broad SMARTS) is 1. The first-order chi connectivity index (χ1) is 19.3. The number of anilines is 1. The van der Waals surface area contributed by atoms with Crippen molar-refractivity contribution < 1.29 is 32.3 Å². The fraction of sp³-hybridized carbons (Fsp3) is 0.233. The van der Waals surface area contributed by atoms with Gasteiger partial charge in [-0.3, -0.25) is 14.4 Å². The molecule has 2 amide bonds. The second kappa shape index (κ2) is 11.6. The van der Waals surface area contributed by atoms with E-state index in [9.17, 15) is 27.9 Å². The van der Waals surface area contributed by atoms with Gasteiger partial charge < -0.3 is 19.7 Å². The number of rotatable bonds is 9. The van der Waals surface area contributed by atoms with Crippen molar-refractivity contribution in [1.82, 2.24) is 9.62 Å². The maximum atomic E-state index is 13.1. The van der Waals surface area contributed by atoms with Crippen LogP contribution in [0.25, 0.3) is 22.1 Å². The van der Waals surface area contributed by atoms with Crippen molar-refractivity contribution in [2.24, 2.45) is 5.92 Å². The average molecular weight is 578 g/mol. The van der Waals surface area contributed by atoms with Crippen LogP contribution in [0.3, 0.4) is 0 Å². The highest BCUT2D eigenvalue weighted by atomic mass is 32.2. The van der Waals surface area contributed by atoms with Crippen LogP contribution in [-0.2, 0) is 14.8 Å². The highest BCUT2D eigenvalue weighted by Crippen LogP contribution is 2.30. The van der Waals surface area contributed by atoms with Crippen LogP contribution in [0.1, 0.15) is 40.3 Å². The van der Waals surface area contributed by atoms with Crippen molar-refractivity contribution in [2.75, 3.05) is 19.4 Å². The van der Waals surface area contributed by atoms with Crippen molar-refractivity contribution in [2.45, 2.75) is 31.7 Å². The van der Waals surface area contributed by atoms with Gasteiger partial charge in [0.05, 0.1) is 10.5 Å². The Morgan fingerprint density at radius 1 is 0.902 bits per heavy atom. The summed E-state index contributed by atoms with van der Waals surface area (Å²) < 4.78 is 33.4. The van der Waals surface area contributed by atoms with Gasteiger partial charge >= 0.3 is 5.97 Å². The van der Waals surface area contributed by atoms with Gasteiger partial charge in [-0.05, 0) is 60.4 Å². The van der Waals surface area contributed by atoms with Gasteiger partial charge in [-0.1, -0.05) is 44.2 Å². The molecular formula is C30H31N3O7S. The Balaban J connectivity index is 1.50. The third kappa shape index (κ3) is 6.16. The van der Waals surface area contributed by atoms with Gasteiger partial charge in [0.1, 0.15) is 11.6 Å². The van der Waals surface area contributed by atoms with Gasteiger partial charge in [0, 0.05) is 30.7 Å². The smallest absolute Gasteiger partial charge is 0.322 e. The molecule has 214 valence electrons. The first-order valence-corrected chi connectivity index (χ1v) is 14.3. The lowest BCUT2D eigenvalue weighted by Crippen LogP contribution is -2.44. The number of benzene rings is 3. The van der Waals surface area contributed by atoms with Crippen LogP contribution >= 0.6 is 0 Å². The van der Waals surface area contributed by atoms with Crippen molar-refractivity contribution in [1.29, 1.82) is 0 Å². The molecule has 0 aliphatic heterocycles. The maximum Gasteiger partial charge on any atom is 0.322 e. The second-order valence-corrected chi connectivity index (χ2v) is 11.9. The molecule has 3 N–H and O–H groups in total. The van der Waals surface area contributed by atoms with Gasteiger partial charge in [0.2, 0.25) is 10.0 Å². The summed E-state index contributed by atoms with van der Waals surface area (Å²) >= 11 is 0. The first kappa shape index (κ1) is 29.5. The molecule has 0 aliphatic carbocycles. The summed E-state index contributed by atoms with van der Waals surface area (Å²) in [4.78, 5) is 38.5. The molecule has 10 nitrogen and oxygen atoms in total. The lowest BCUT2D eigenvalue weighted by Gasteiger charge is -2.18. The molecule has 1 aromatic heterocycles. The number of carbonyl (C=O) groups excluding carboxylic acids is 2. The van der Waals surface area contributed by atoms with E-state index in [0.29, 0.717) is 27.8 Å². The third-order valence-corrected chi connectivity index (χ3v) is 8.11. The number of nitrogens with one attached hydrogen (secondary N) is 2. The molecular weight excluding hydrogens is 546 g/mol. The number of aryl methyl sites for hydroxylation is 1. The molecule has 0 saturated carbocycles. The molecule has 0 bridgehead atoms. The van der Waals surface area contributed by atoms with E-state index in [1.165, 1.54) is 17.0 Å². The zero-order valence-electron chi connectivity index (χ0n) is 23.3. The monoisotopic (exact) mass is 577 g/mol. The number of carboxylic acids is 1. The summed E-state index contributed by atoms with van der Waals surface area (Å²) in [6, 6.07) is 16.9. The molecule has 0 radical (unpaired) electrons. The zero-order valence-corrected chi connectivity index (χ0v) is 24.1. The highest BCUT2D eigenvalue weighted by molar-refractivity contribution is 7.89. The number of fused-ring (bicyclic) bond motifs is 1. The van der Waals surface area contributed by atoms with Crippen LogP contribution in [0, 0.1) is 12.8 Å². The molecule has 1 atom stereocenters. The zero-order chi connectivity index (χ0) is 30.1. The topological polar surface area (TPSA) is 146 Å². The van der Waals surface area contributed by atoms with Gasteiger partial charge in [0.15, 0.2) is 5.76 Å². The van der Waals surface area contributed by atoms with Gasteiger partial charge in [-0.25, -0.2) is 8.42 Å². The summed E-state index contributed by atoms with van der Waals surface area (Å²) in [6.07, 6.45) is 0. The molecule has 1 heterocycles. The Labute approximate surface area is 238 Å². The molecule has 4 aromatic rings. The summed E-state index contributed by atoms with van der Waals surface area (Å²) in [7, 11) is -0.712. The van der Waals surface area contributed by atoms with Crippen LogP contribution < -0.4 is 10.0 Å². The summed E-state index contributed by atoms with van der Waals surface area (Å²) in [5.74, 6) is -2.22. The number of aliphatic carboxylic acids is 1. The van der Waals surface area contributed by atoms with E-state index < -0.39 is 33.9 Å². The highest BCUT2D eigenvalue weighted by Gasteiger charge is 2.28. The minimum atomic E-state index is -4.03. The number of amides is 2. The predicted molar refractivity (Wildman–Crippen MR) is 155 cm³/mol. The summed E-state index contributed by atoms with van der Waals surface area (Å²) in [5, 5.41) is 12.7. The number of furan rings is 1. The van der Waals surface area contributed by atoms with Crippen LogP contribution in [-0.4, -0.2) is 56.3 Å². The number of sulfonamides is 1. The van der Waals surface area contributed by atoms with Crippen molar-refractivity contribution in [3.63, 3.8) is 0 Å². The Morgan fingerprint density at radius 3 is 2.02 bits per heavy atom. The minimum Gasteiger partial charge on any atom is -0.480 e. The van der Waals surface area contributed by atoms with E-state index in [0.717, 1.165) is 11.1 Å². The molecule has 0 saturated heterocycles. The quantitative estimate of drug-likeness (QED) is 0.260. The molecule has 0 unspecified atom stereocenters. The molecule has 4 rings (SSSR count). The van der Waals surface area contributed by atoms with E-state index in [1.54, 1.807) is 89.5 Å². The van der Waals surface area contributed by atoms with Gasteiger partial charge in [0.25, 0.3) is 11.8 Å². The number of hydrogen-bond donors (Lipinski definition) is 3. The van der Waals surface area contributed by atoms with E-state index in [1.807, 2.05) is 0 Å². The Hall–Kier alpha value is -4.48. The largest absolute Gasteiger partial charge is 0.480 e. The predicted octanol–water partition coefficient (Wildman–Crippen LogP) is 4.75. The summed E-state index contributed by atoms with van der Waals surface area (Å²) in [5.41, 5.74) is 3.48. The van der Waals surface area contributed by atoms with Crippen molar-refractivity contribution in [3.8, 4) is 11.1 Å². The fourth-order valence-corrected chi connectivity index (χ4v) is 5.74. The van der Waals surface area contributed by atoms with E-state index in [-0.39, 0.29) is 16.6 Å². The lowest BCUT2D eigenvalue weighted by molar-refractivity contribution is -0.140. The molecule has 0 aliphatic rings. The first-order valence-electron chi connectivity index (χ1n) is 12.8. The number of nitrogens with zero attached hydrogens (tertiary/aromatic N) is 1. The SMILES string of the molecule is Cc1c(C(=O)Nc2ccc(-c3ccc(S(=O)(=O)N[C@H](C(=O)O)C(C)C)cc3)cc2)oc2cccc(C(=O)N(C)C)c12. The van der Waals surface area contributed by atoms with E-state index >= 15 is 0 Å². The van der Waals surface area contributed by atoms with Crippen LogP contribution in [0.5, 0.6) is 0 Å². The second-order valence-electron chi connectivity index (χ2n) is 10.2.